The van der Waals surface area contributed by atoms with Gasteiger partial charge in [0.2, 0.25) is 5.91 Å². The molecular weight excluding hydrogens is 984 g/mol. The molecule has 13 heteroatoms. The lowest BCUT2D eigenvalue weighted by molar-refractivity contribution is -0.145. The predicted octanol–water partition coefficient (Wildman–Crippen LogP) is 14.4. The van der Waals surface area contributed by atoms with Gasteiger partial charge in [-0.2, -0.15) is 0 Å². The second-order valence-electron chi connectivity index (χ2n) is 17.4. The molecule has 0 aliphatic heterocycles. The van der Waals surface area contributed by atoms with Crippen molar-refractivity contribution in [2.24, 2.45) is 0 Å². The molecule has 2 aromatic heterocycles. The van der Waals surface area contributed by atoms with E-state index >= 15 is 4.79 Å². The van der Waals surface area contributed by atoms with Gasteiger partial charge in [-0.05, 0) is 128 Å². The largest absolute Gasteiger partial charge is 0.497 e. The van der Waals surface area contributed by atoms with E-state index < -0.39 is 24.0 Å². The lowest BCUT2D eigenvalue weighted by Gasteiger charge is -2.27. The molecule has 2 atom stereocenters. The number of methoxy groups -OCH3 is 1. The van der Waals surface area contributed by atoms with Crippen LogP contribution in [0.5, 0.6) is 5.75 Å². The molecule has 0 saturated carbocycles. The Kier molecular flexibility index (Phi) is 12.7. The summed E-state index contributed by atoms with van der Waals surface area (Å²) in [4.78, 5) is 40.5. The van der Waals surface area contributed by atoms with E-state index in [0.29, 0.717) is 60.6 Å². The quantitative estimate of drug-likeness (QED) is 0.119. The Hall–Kier alpha value is -7.66. The molecule has 72 heavy (non-hydrogen) atoms. The first-order valence-electron chi connectivity index (χ1n) is 23.1. The van der Waals surface area contributed by atoms with Gasteiger partial charge in [0.15, 0.2) is 6.04 Å². The van der Waals surface area contributed by atoms with Gasteiger partial charge < -0.3 is 24.3 Å². The standard InChI is InChI=1S/C59H41Cl4N5O4/c1-72-37-22-18-34(19-23-37)26-27-64-58(69)56(67-32-52(46-24-20-35(60)28-50(46)62)65-54(67)30-48-42-14-6-2-10-38(42)39-11-3-7-15-43(39)48)57(59(70)71)68-33-53(47-25-21-36(61)29-51(47)63)66-55(68)31-49-44-16-8-4-12-40(44)41-13-5-9-17-45(41)49/h2-25,28-33,56-57H,26-27H2,1H3,(H,64,69)(H,70,71). The lowest BCUT2D eigenvalue weighted by atomic mass is 10.0. The highest BCUT2D eigenvalue weighted by Crippen LogP contribution is 2.47. The number of aliphatic carboxylic acids is 1. The number of carbonyl (C=O) groups excluding carboxylic acids is 1. The van der Waals surface area contributed by atoms with Crippen molar-refractivity contribution in [2.45, 2.75) is 18.5 Å². The van der Waals surface area contributed by atoms with Gasteiger partial charge in [-0.15, -0.1) is 0 Å². The Morgan fingerprint density at radius 1 is 0.556 bits per heavy atom. The Bertz CT molecular complexity index is 3590. The van der Waals surface area contributed by atoms with Gasteiger partial charge in [0.05, 0.1) is 28.5 Å². The normalized spacial score (nSPS) is 12.9. The van der Waals surface area contributed by atoms with E-state index in [-0.39, 0.29) is 12.4 Å². The minimum absolute atomic E-state index is 0.176. The van der Waals surface area contributed by atoms with Gasteiger partial charge in [-0.1, -0.05) is 156 Å². The fourth-order valence-corrected chi connectivity index (χ4v) is 10.9. The number of carboxylic acid groups (broad SMARTS) is 1. The maximum atomic E-state index is 15.6. The number of carboxylic acids is 1. The van der Waals surface area contributed by atoms with E-state index in [1.165, 1.54) is 0 Å². The van der Waals surface area contributed by atoms with Crippen LogP contribution in [0.4, 0.5) is 0 Å². The van der Waals surface area contributed by atoms with Gasteiger partial charge in [0.1, 0.15) is 23.4 Å². The fourth-order valence-electron chi connectivity index (χ4n) is 9.85. The first kappa shape index (κ1) is 46.7. The molecule has 0 radical (unpaired) electrons. The fraction of sp³-hybridized carbons (Fsp3) is 0.0847. The van der Waals surface area contributed by atoms with Crippen molar-refractivity contribution < 1.29 is 19.4 Å². The number of imidazole rings is 2. The molecule has 0 bridgehead atoms. The third-order valence-corrected chi connectivity index (χ3v) is 14.3. The highest BCUT2D eigenvalue weighted by atomic mass is 35.5. The maximum Gasteiger partial charge on any atom is 0.329 e. The summed E-state index contributed by atoms with van der Waals surface area (Å²) < 4.78 is 8.57. The Morgan fingerprint density at radius 2 is 0.958 bits per heavy atom. The van der Waals surface area contributed by atoms with Crippen LogP contribution in [0.1, 0.15) is 51.5 Å². The van der Waals surface area contributed by atoms with E-state index in [1.54, 1.807) is 65.0 Å². The highest BCUT2D eigenvalue weighted by molar-refractivity contribution is 6.37. The molecule has 0 spiro atoms. The third-order valence-electron chi connectivity index (χ3n) is 13.2. The Balaban J connectivity index is 1.14. The van der Waals surface area contributed by atoms with Crippen LogP contribution in [0.2, 0.25) is 20.1 Å². The molecule has 2 aliphatic carbocycles. The SMILES string of the molecule is COc1ccc(CCNC(=O)C(C(C(=O)O)n2cc(-c3ccc(Cl)cc3Cl)nc2C=C2c3ccccc3-c3ccccc32)n2cc(-c3ccc(Cl)cc3Cl)nc2C=C2c3ccccc3-c3ccccc32)cc1. The summed E-state index contributed by atoms with van der Waals surface area (Å²) in [6.45, 7) is 0.176. The summed E-state index contributed by atoms with van der Waals surface area (Å²) in [6.07, 6.45) is 7.57. The molecule has 7 aromatic carbocycles. The molecule has 9 nitrogen and oxygen atoms in total. The summed E-state index contributed by atoms with van der Waals surface area (Å²) in [7, 11) is 1.60. The molecule has 2 heterocycles. The molecule has 9 aromatic rings. The van der Waals surface area contributed by atoms with E-state index in [4.69, 9.17) is 61.1 Å². The summed E-state index contributed by atoms with van der Waals surface area (Å²) >= 11 is 26.6. The van der Waals surface area contributed by atoms with Crippen molar-refractivity contribution in [3.8, 4) is 50.5 Å². The minimum atomic E-state index is -1.65. The van der Waals surface area contributed by atoms with Crippen molar-refractivity contribution in [3.05, 3.63) is 230 Å². The van der Waals surface area contributed by atoms with Gasteiger partial charge in [0.25, 0.3) is 0 Å². The van der Waals surface area contributed by atoms with Crippen LogP contribution in [0.25, 0.3) is 68.1 Å². The maximum absolute atomic E-state index is 15.6. The molecule has 2 unspecified atom stereocenters. The van der Waals surface area contributed by atoms with E-state index in [1.807, 2.05) is 109 Å². The van der Waals surface area contributed by atoms with Gasteiger partial charge >= 0.3 is 5.97 Å². The van der Waals surface area contributed by atoms with E-state index in [2.05, 4.69) is 29.6 Å². The van der Waals surface area contributed by atoms with Crippen LogP contribution in [0, 0.1) is 0 Å². The number of nitrogens with one attached hydrogen (secondary N) is 1. The zero-order chi connectivity index (χ0) is 49.6. The van der Waals surface area contributed by atoms with Crippen LogP contribution in [0.15, 0.2) is 170 Å². The molecule has 2 N–H and O–H groups in total. The van der Waals surface area contributed by atoms with Crippen molar-refractivity contribution in [1.82, 2.24) is 24.4 Å². The summed E-state index contributed by atoms with van der Waals surface area (Å²) in [5.41, 5.74) is 12.4. The van der Waals surface area contributed by atoms with Crippen molar-refractivity contribution in [1.29, 1.82) is 0 Å². The van der Waals surface area contributed by atoms with Gasteiger partial charge in [-0.3, -0.25) is 4.79 Å². The zero-order valence-corrected chi connectivity index (χ0v) is 41.4. The Labute approximate surface area is 435 Å². The number of rotatable bonds is 13. The van der Waals surface area contributed by atoms with E-state index in [0.717, 1.165) is 61.2 Å². The molecule has 1 amide bonds. The molecule has 0 fully saturated rings. The lowest BCUT2D eigenvalue weighted by Crippen LogP contribution is -2.41. The van der Waals surface area contributed by atoms with Crippen LogP contribution in [-0.2, 0) is 16.0 Å². The number of aromatic nitrogens is 4. The number of benzene rings is 7. The zero-order valence-electron chi connectivity index (χ0n) is 38.4. The Morgan fingerprint density at radius 3 is 1.35 bits per heavy atom. The van der Waals surface area contributed by atoms with Crippen LogP contribution < -0.4 is 10.1 Å². The number of ether oxygens (including phenoxy) is 1. The van der Waals surface area contributed by atoms with Crippen LogP contribution in [0.3, 0.4) is 0 Å². The molecule has 11 rings (SSSR count). The number of hydrogen-bond donors (Lipinski definition) is 2. The smallest absolute Gasteiger partial charge is 0.329 e. The monoisotopic (exact) mass is 1020 g/mol. The predicted molar refractivity (Wildman–Crippen MR) is 288 cm³/mol. The van der Waals surface area contributed by atoms with Gasteiger partial charge in [-0.25, -0.2) is 14.8 Å². The second-order valence-corrected chi connectivity index (χ2v) is 19.1. The first-order valence-corrected chi connectivity index (χ1v) is 24.6. The van der Waals surface area contributed by atoms with Crippen molar-refractivity contribution in [3.63, 3.8) is 0 Å². The molecular formula is C59H41Cl4N5O4. The van der Waals surface area contributed by atoms with Crippen molar-refractivity contribution in [2.75, 3.05) is 13.7 Å². The first-order chi connectivity index (χ1) is 35.0. The number of amides is 1. The van der Waals surface area contributed by atoms with Crippen LogP contribution >= 0.6 is 46.4 Å². The number of fused-ring (bicyclic) bond motifs is 6. The second kappa shape index (κ2) is 19.5. The summed E-state index contributed by atoms with van der Waals surface area (Å²) in [6, 6.07) is 46.8. The topological polar surface area (TPSA) is 111 Å². The van der Waals surface area contributed by atoms with Gasteiger partial charge in [0, 0.05) is 40.1 Å². The number of halogens is 4. The number of hydrogen-bond acceptors (Lipinski definition) is 5. The molecule has 2 aliphatic rings. The van der Waals surface area contributed by atoms with Crippen molar-refractivity contribution >= 4 is 81.6 Å². The minimum Gasteiger partial charge on any atom is -0.497 e. The number of nitrogens with zero attached hydrogens (tertiary/aromatic N) is 4. The van der Waals surface area contributed by atoms with Crippen LogP contribution in [-0.4, -0.2) is 49.7 Å². The third kappa shape index (κ3) is 8.68. The highest BCUT2D eigenvalue weighted by Gasteiger charge is 2.40. The molecule has 0 saturated heterocycles. The van der Waals surface area contributed by atoms with E-state index in [9.17, 15) is 9.90 Å². The molecule has 354 valence electrons. The average Bonchev–Trinajstić information content (AvgIpc) is 4.15. The summed E-state index contributed by atoms with van der Waals surface area (Å²) in [5.74, 6) is -0.616. The average molecular weight is 1030 g/mol. The summed E-state index contributed by atoms with van der Waals surface area (Å²) in [5, 5.41) is 16.5. The number of carbonyl (C=O) groups is 2.